The molecule has 0 fully saturated rings. The van der Waals surface area contributed by atoms with Crippen molar-refractivity contribution in [3.05, 3.63) is 52.5 Å². The Morgan fingerprint density at radius 3 is 2.26 bits per heavy atom. The van der Waals surface area contributed by atoms with Crippen molar-refractivity contribution in [3.8, 4) is 11.5 Å². The minimum absolute atomic E-state index is 0.137. The molecule has 0 saturated carbocycles. The number of para-hydroxylation sites is 1. The second kappa shape index (κ2) is 14.4. The predicted octanol–water partition coefficient (Wildman–Crippen LogP) is 6.22. The highest BCUT2D eigenvalue weighted by Gasteiger charge is 2.26. The number of ether oxygens (including phenoxy) is 2. The molecule has 2 aromatic rings. The molecule has 2 aromatic carbocycles. The minimum atomic E-state index is -0.465. The molecule has 10 nitrogen and oxygen atoms in total. The first kappa shape index (κ1) is 31.5. The summed E-state index contributed by atoms with van der Waals surface area (Å²) in [6, 6.07) is 6.31. The highest BCUT2D eigenvalue weighted by molar-refractivity contribution is 6.41. The summed E-state index contributed by atoms with van der Waals surface area (Å²) in [7, 11) is 6.33. The summed E-state index contributed by atoms with van der Waals surface area (Å²) in [5.74, 6) is 0.749. The first-order chi connectivity index (χ1) is 18.5. The van der Waals surface area contributed by atoms with Gasteiger partial charge in [-0.25, -0.2) is 9.79 Å². The third-order valence-corrected chi connectivity index (χ3v) is 6.96. The number of halogens is 2. The van der Waals surface area contributed by atoms with E-state index in [0.29, 0.717) is 41.6 Å². The lowest BCUT2D eigenvalue weighted by Crippen LogP contribution is -2.43. The molecule has 0 aliphatic heterocycles. The van der Waals surface area contributed by atoms with Crippen LogP contribution in [0.2, 0.25) is 10.0 Å². The monoisotopic (exact) mass is 576 g/mol. The molecule has 39 heavy (non-hydrogen) atoms. The Kier molecular flexibility index (Phi) is 11.6. The Balaban J connectivity index is 2.36. The molecule has 1 atom stereocenters. The number of aliphatic imine (C=N–C) groups is 1. The van der Waals surface area contributed by atoms with Gasteiger partial charge in [-0.05, 0) is 31.1 Å². The van der Waals surface area contributed by atoms with Gasteiger partial charge in [0.05, 0.1) is 31.3 Å². The molecule has 0 aliphatic rings. The summed E-state index contributed by atoms with van der Waals surface area (Å²) >= 11 is 12.9. The quantitative estimate of drug-likeness (QED) is 0.167. The maximum absolute atomic E-state index is 13.3. The van der Waals surface area contributed by atoms with E-state index in [0.717, 1.165) is 11.9 Å². The number of amides is 3. The first-order valence-corrected chi connectivity index (χ1v) is 12.8. The number of benzene rings is 2. The molecule has 2 rings (SSSR count). The van der Waals surface area contributed by atoms with Gasteiger partial charge < -0.3 is 29.9 Å². The summed E-state index contributed by atoms with van der Waals surface area (Å²) in [5.41, 5.74) is 2.27. The number of urea groups is 1. The Hall–Kier alpha value is -3.76. The second-order valence-electron chi connectivity index (χ2n) is 8.49. The number of rotatable bonds is 11. The lowest BCUT2D eigenvalue weighted by Gasteiger charge is -2.31. The summed E-state index contributed by atoms with van der Waals surface area (Å²) in [6.45, 7) is 7.33. The average molecular weight is 578 g/mol. The van der Waals surface area contributed by atoms with Crippen LogP contribution in [0.3, 0.4) is 0 Å². The molecule has 0 bridgehead atoms. The van der Waals surface area contributed by atoms with Crippen LogP contribution < -0.4 is 25.0 Å². The van der Waals surface area contributed by atoms with Crippen molar-refractivity contribution in [2.45, 2.75) is 32.7 Å². The number of carbonyl (C=O) groups is 2. The maximum Gasteiger partial charge on any atom is 0.321 e. The van der Waals surface area contributed by atoms with Crippen LogP contribution in [-0.4, -0.2) is 63.4 Å². The van der Waals surface area contributed by atoms with Gasteiger partial charge in [0, 0.05) is 32.6 Å². The zero-order chi connectivity index (χ0) is 29.3. The van der Waals surface area contributed by atoms with Gasteiger partial charge in [0.1, 0.15) is 33.7 Å². The zero-order valence-corrected chi connectivity index (χ0v) is 24.4. The number of aryl methyl sites for hydroxylation is 1. The number of anilines is 3. The summed E-state index contributed by atoms with van der Waals surface area (Å²) in [4.78, 5) is 33.0. The molecule has 0 heterocycles. The summed E-state index contributed by atoms with van der Waals surface area (Å²) in [6.07, 6.45) is 3.02. The molecular formula is C27H34Cl2N6O4. The van der Waals surface area contributed by atoms with Crippen molar-refractivity contribution < 1.29 is 19.1 Å². The SMILES string of the molecule is C=CC(=O)Nc1c(C)cccc1N(C)C(CC(CC)N(C)C(=O)Nc1c(Cl)c(OC)cc(OC)c1Cl)=NC=N. The van der Waals surface area contributed by atoms with Crippen molar-refractivity contribution in [3.63, 3.8) is 0 Å². The van der Waals surface area contributed by atoms with Crippen LogP contribution >= 0.6 is 23.2 Å². The normalized spacial score (nSPS) is 11.7. The van der Waals surface area contributed by atoms with Crippen molar-refractivity contribution in [1.82, 2.24) is 4.90 Å². The minimum Gasteiger partial charge on any atom is -0.495 e. The maximum atomic E-state index is 13.3. The molecule has 0 radical (unpaired) electrons. The van der Waals surface area contributed by atoms with E-state index in [4.69, 9.17) is 38.1 Å². The number of nitrogens with zero attached hydrogens (tertiary/aromatic N) is 3. The molecular weight excluding hydrogens is 543 g/mol. The standard InChI is InChI=1S/C27H34Cl2N6O4/c1-8-17(34(4)27(37)33-26-23(28)19(38-6)14-20(39-7)24(26)29)13-21(31-15-30)35(5)18-12-10-11-16(3)25(18)32-22(36)9-2/h9-12,14-15,17,30H,2,8,13H2,1,3-7H3,(H,32,36)(H,33,37). The number of hydrogen-bond acceptors (Lipinski definition) is 5. The molecule has 1 unspecified atom stereocenters. The van der Waals surface area contributed by atoms with Crippen LogP contribution in [0.5, 0.6) is 11.5 Å². The molecule has 210 valence electrons. The fourth-order valence-electron chi connectivity index (χ4n) is 3.88. The van der Waals surface area contributed by atoms with Gasteiger partial charge in [-0.1, -0.05) is 48.8 Å². The molecule has 3 N–H and O–H groups in total. The average Bonchev–Trinajstić information content (AvgIpc) is 2.93. The number of methoxy groups -OCH3 is 2. The summed E-state index contributed by atoms with van der Waals surface area (Å²) in [5, 5.41) is 13.5. The topological polar surface area (TPSA) is 119 Å². The number of carbonyl (C=O) groups excluding carboxylic acids is 2. The first-order valence-electron chi connectivity index (χ1n) is 12.0. The van der Waals surface area contributed by atoms with E-state index < -0.39 is 6.03 Å². The van der Waals surface area contributed by atoms with Crippen LogP contribution in [0.4, 0.5) is 21.9 Å². The van der Waals surface area contributed by atoms with Crippen LogP contribution in [0.1, 0.15) is 25.3 Å². The third-order valence-electron chi connectivity index (χ3n) is 6.21. The van der Waals surface area contributed by atoms with Gasteiger partial charge in [0.25, 0.3) is 0 Å². The molecule has 0 aromatic heterocycles. The van der Waals surface area contributed by atoms with Gasteiger partial charge in [-0.3, -0.25) is 10.2 Å². The van der Waals surface area contributed by atoms with E-state index in [1.807, 2.05) is 32.0 Å². The fraction of sp³-hybridized carbons (Fsp3) is 0.333. The molecule has 0 saturated heterocycles. The van der Waals surface area contributed by atoms with Crippen LogP contribution in [0, 0.1) is 12.3 Å². The van der Waals surface area contributed by atoms with Crippen LogP contribution in [-0.2, 0) is 4.79 Å². The van der Waals surface area contributed by atoms with Gasteiger partial charge >= 0.3 is 6.03 Å². The number of nitrogens with one attached hydrogen (secondary N) is 3. The van der Waals surface area contributed by atoms with Gasteiger partial charge in [0.2, 0.25) is 5.91 Å². The van der Waals surface area contributed by atoms with E-state index in [-0.39, 0.29) is 27.7 Å². The summed E-state index contributed by atoms with van der Waals surface area (Å²) < 4.78 is 10.6. The van der Waals surface area contributed by atoms with E-state index in [1.165, 1.54) is 31.3 Å². The lowest BCUT2D eigenvalue weighted by molar-refractivity contribution is -0.111. The van der Waals surface area contributed by atoms with E-state index in [9.17, 15) is 9.59 Å². The van der Waals surface area contributed by atoms with Crippen LogP contribution in [0.25, 0.3) is 0 Å². The Bertz CT molecular complexity index is 1240. The second-order valence-corrected chi connectivity index (χ2v) is 9.24. The molecule has 3 amide bonds. The van der Waals surface area contributed by atoms with Gasteiger partial charge in [-0.15, -0.1) is 0 Å². The van der Waals surface area contributed by atoms with Crippen molar-refractivity contribution in [2.75, 3.05) is 43.8 Å². The lowest BCUT2D eigenvalue weighted by atomic mass is 10.1. The highest BCUT2D eigenvalue weighted by atomic mass is 35.5. The fourth-order valence-corrected chi connectivity index (χ4v) is 4.48. The van der Waals surface area contributed by atoms with Gasteiger partial charge in [0.15, 0.2) is 0 Å². The number of hydrogen-bond donors (Lipinski definition) is 3. The van der Waals surface area contributed by atoms with Crippen molar-refractivity contribution in [2.24, 2.45) is 4.99 Å². The van der Waals surface area contributed by atoms with E-state index in [1.54, 1.807) is 19.0 Å². The zero-order valence-electron chi connectivity index (χ0n) is 22.9. The van der Waals surface area contributed by atoms with E-state index in [2.05, 4.69) is 22.2 Å². The van der Waals surface area contributed by atoms with Gasteiger partial charge in [-0.2, -0.15) is 0 Å². The Labute approximate surface area is 239 Å². The molecule has 0 aliphatic carbocycles. The third kappa shape index (κ3) is 7.42. The molecule has 12 heteroatoms. The van der Waals surface area contributed by atoms with E-state index >= 15 is 0 Å². The van der Waals surface area contributed by atoms with Crippen molar-refractivity contribution in [1.29, 1.82) is 5.41 Å². The van der Waals surface area contributed by atoms with Crippen molar-refractivity contribution >= 4 is 64.4 Å². The number of amidine groups is 1. The largest absolute Gasteiger partial charge is 0.495 e. The predicted molar refractivity (Wildman–Crippen MR) is 160 cm³/mol. The highest BCUT2D eigenvalue weighted by Crippen LogP contribution is 2.44. The van der Waals surface area contributed by atoms with Crippen LogP contribution in [0.15, 0.2) is 41.9 Å². The Morgan fingerprint density at radius 1 is 1.13 bits per heavy atom. The Morgan fingerprint density at radius 2 is 1.74 bits per heavy atom. The smallest absolute Gasteiger partial charge is 0.321 e. The molecule has 0 spiro atoms.